The van der Waals surface area contributed by atoms with Crippen LogP contribution in [0, 0.1) is 5.82 Å². The summed E-state index contributed by atoms with van der Waals surface area (Å²) >= 11 is 0. The van der Waals surface area contributed by atoms with Gasteiger partial charge in [-0.3, -0.25) is 15.1 Å². The van der Waals surface area contributed by atoms with E-state index in [0.29, 0.717) is 18.1 Å². The van der Waals surface area contributed by atoms with E-state index in [9.17, 15) is 4.39 Å². The predicted molar refractivity (Wildman–Crippen MR) is 171 cm³/mol. The molecule has 11 heteroatoms. The third kappa shape index (κ3) is 5.84. The van der Waals surface area contributed by atoms with Gasteiger partial charge in [0.15, 0.2) is 5.82 Å². The van der Waals surface area contributed by atoms with Crippen LogP contribution in [0.15, 0.2) is 67.1 Å². The Morgan fingerprint density at radius 2 is 1.89 bits per heavy atom. The van der Waals surface area contributed by atoms with Gasteiger partial charge < -0.3 is 25.3 Å². The van der Waals surface area contributed by atoms with Gasteiger partial charge in [0.1, 0.15) is 23.4 Å². The van der Waals surface area contributed by atoms with Gasteiger partial charge in [0.25, 0.3) is 0 Å². The second-order valence-electron chi connectivity index (χ2n) is 11.4. The maximum Gasteiger partial charge on any atom is 0.159 e. The number of halogens is 1. The Morgan fingerprint density at radius 1 is 1.00 bits per heavy atom. The van der Waals surface area contributed by atoms with Crippen molar-refractivity contribution in [1.82, 2.24) is 40.3 Å². The molecule has 0 aliphatic carbocycles. The van der Waals surface area contributed by atoms with Gasteiger partial charge in [-0.05, 0) is 82.0 Å². The van der Waals surface area contributed by atoms with Gasteiger partial charge in [-0.1, -0.05) is 12.1 Å². The van der Waals surface area contributed by atoms with E-state index in [-0.39, 0.29) is 11.9 Å². The second kappa shape index (κ2) is 12.0. The number of H-pyrrole nitrogens is 2. The third-order valence-corrected chi connectivity index (χ3v) is 7.88. The molecule has 5 heterocycles. The molecule has 7 rings (SSSR count). The number of nitrogens with one attached hydrogen (secondary N) is 4. The van der Waals surface area contributed by atoms with Crippen molar-refractivity contribution in [2.24, 2.45) is 0 Å². The number of hydrogen-bond donors (Lipinski definition) is 4. The number of pyridine rings is 2. The fourth-order valence-electron chi connectivity index (χ4n) is 5.63. The van der Waals surface area contributed by atoms with Gasteiger partial charge in [-0.2, -0.15) is 5.10 Å². The average molecular weight is 592 g/mol. The van der Waals surface area contributed by atoms with E-state index in [0.717, 1.165) is 88.2 Å². The zero-order chi connectivity index (χ0) is 30.0. The van der Waals surface area contributed by atoms with Crippen molar-refractivity contribution in [2.75, 3.05) is 45.6 Å². The molecule has 1 saturated heterocycles. The first-order valence-corrected chi connectivity index (χ1v) is 14.9. The summed E-state index contributed by atoms with van der Waals surface area (Å²) < 4.78 is 20.9. The Labute approximate surface area is 254 Å². The molecule has 0 unspecified atom stereocenters. The van der Waals surface area contributed by atoms with Crippen molar-refractivity contribution in [3.8, 4) is 39.7 Å². The summed E-state index contributed by atoms with van der Waals surface area (Å²) in [6, 6.07) is 14.9. The summed E-state index contributed by atoms with van der Waals surface area (Å²) in [4.78, 5) is 19.6. The molecule has 44 heavy (non-hydrogen) atoms. The lowest BCUT2D eigenvalue weighted by Crippen LogP contribution is -2.34. The summed E-state index contributed by atoms with van der Waals surface area (Å²) in [6.45, 7) is 3.47. The summed E-state index contributed by atoms with van der Waals surface area (Å²) in [5, 5.41) is 15.2. The lowest BCUT2D eigenvalue weighted by Gasteiger charge is -2.23. The minimum atomic E-state index is -0.305. The number of rotatable bonds is 9. The van der Waals surface area contributed by atoms with Crippen molar-refractivity contribution >= 4 is 27.6 Å². The number of aromatic nitrogens is 6. The van der Waals surface area contributed by atoms with Gasteiger partial charge in [-0.25, -0.2) is 9.37 Å². The van der Waals surface area contributed by atoms with E-state index in [1.165, 1.54) is 6.07 Å². The normalized spacial score (nSPS) is 14.1. The fourth-order valence-corrected chi connectivity index (χ4v) is 5.63. The minimum absolute atomic E-state index is 0.181. The van der Waals surface area contributed by atoms with Gasteiger partial charge in [0.2, 0.25) is 0 Å². The lowest BCUT2D eigenvalue weighted by molar-refractivity contribution is 0.162. The molecule has 0 saturated carbocycles. The van der Waals surface area contributed by atoms with Crippen molar-refractivity contribution in [1.29, 1.82) is 0 Å². The van der Waals surface area contributed by atoms with Crippen molar-refractivity contribution < 1.29 is 9.13 Å². The van der Waals surface area contributed by atoms with Crippen molar-refractivity contribution in [2.45, 2.75) is 18.9 Å². The minimum Gasteiger partial charge on any atom is -0.489 e. The summed E-state index contributed by atoms with van der Waals surface area (Å²) in [5.74, 6) is 1.04. The van der Waals surface area contributed by atoms with Crippen LogP contribution in [0.4, 0.5) is 10.1 Å². The van der Waals surface area contributed by atoms with Crippen LogP contribution in [0.25, 0.3) is 55.8 Å². The number of piperidine rings is 1. The monoisotopic (exact) mass is 591 g/mol. The van der Waals surface area contributed by atoms with E-state index >= 15 is 0 Å². The first kappa shape index (κ1) is 27.9. The van der Waals surface area contributed by atoms with Gasteiger partial charge in [0.05, 0.1) is 34.6 Å². The maximum atomic E-state index is 14.7. The van der Waals surface area contributed by atoms with Crippen LogP contribution >= 0.6 is 0 Å². The van der Waals surface area contributed by atoms with Crippen molar-refractivity contribution in [3.05, 3.63) is 72.9 Å². The maximum absolute atomic E-state index is 14.7. The SMILES string of the molecule is CN(C)CCNc1cc(F)cc(-c2cccc3[nH]c(-c4n[nH]c5cnc(-c6cncc(OC7CCNCC7)c6)cc45)nc23)c1. The van der Waals surface area contributed by atoms with Crippen LogP contribution in [-0.2, 0) is 0 Å². The topological polar surface area (TPSA) is 120 Å². The number of nitrogens with zero attached hydrogens (tertiary/aromatic N) is 5. The molecule has 0 atom stereocenters. The third-order valence-electron chi connectivity index (χ3n) is 7.88. The molecule has 0 spiro atoms. The number of ether oxygens (including phenoxy) is 1. The molecule has 0 amide bonds. The van der Waals surface area contributed by atoms with Crippen LogP contribution in [-0.4, -0.2) is 81.4 Å². The number of fused-ring (bicyclic) bond motifs is 2. The van der Waals surface area contributed by atoms with E-state index in [1.54, 1.807) is 24.7 Å². The quantitative estimate of drug-likeness (QED) is 0.175. The average Bonchev–Trinajstić information content (AvgIpc) is 3.65. The van der Waals surface area contributed by atoms with Gasteiger partial charge in [0, 0.05) is 41.5 Å². The van der Waals surface area contributed by atoms with E-state index in [1.807, 2.05) is 50.5 Å². The molecular weight excluding hydrogens is 557 g/mol. The first-order chi connectivity index (χ1) is 21.5. The zero-order valence-electron chi connectivity index (χ0n) is 24.7. The fraction of sp³-hybridized carbons (Fsp3) is 0.273. The highest BCUT2D eigenvalue weighted by Gasteiger charge is 2.18. The zero-order valence-corrected chi connectivity index (χ0v) is 24.7. The Morgan fingerprint density at radius 3 is 2.75 bits per heavy atom. The molecule has 2 aromatic carbocycles. The Kier molecular flexibility index (Phi) is 7.63. The standard InChI is InChI=1S/C33H34FN9O/c1-43(2)11-10-37-23-13-20(12-22(34)15-23)26-4-3-5-28-31(26)40-33(39-28)32-27-16-29(38-19-30(27)41-42-32)21-14-25(18-36-17-21)44-24-6-8-35-9-7-24/h3-5,12-19,24,35,37H,6-11H2,1-2H3,(H,39,40)(H,41,42). The molecule has 4 N–H and O–H groups in total. The molecule has 1 fully saturated rings. The number of benzene rings is 2. The Hall–Kier alpha value is -4.87. The van der Waals surface area contributed by atoms with E-state index in [2.05, 4.69) is 40.7 Å². The highest BCUT2D eigenvalue weighted by Crippen LogP contribution is 2.34. The molecule has 224 valence electrons. The molecule has 1 aliphatic rings. The molecule has 10 nitrogen and oxygen atoms in total. The van der Waals surface area contributed by atoms with Crippen LogP contribution in [0.1, 0.15) is 12.8 Å². The number of aromatic amines is 2. The predicted octanol–water partition coefficient (Wildman–Crippen LogP) is 5.47. The number of hydrogen-bond acceptors (Lipinski definition) is 8. The Balaban J connectivity index is 1.21. The van der Waals surface area contributed by atoms with Crippen LogP contribution in [0.3, 0.4) is 0 Å². The molecule has 1 aliphatic heterocycles. The van der Waals surface area contributed by atoms with Gasteiger partial charge in [-0.15, -0.1) is 0 Å². The number of likely N-dealkylation sites (N-methyl/N-ethyl adjacent to an activating group) is 1. The summed E-state index contributed by atoms with van der Waals surface area (Å²) in [7, 11) is 4.02. The van der Waals surface area contributed by atoms with Gasteiger partial charge >= 0.3 is 0 Å². The lowest BCUT2D eigenvalue weighted by atomic mass is 10.0. The molecule has 0 bridgehead atoms. The van der Waals surface area contributed by atoms with E-state index in [4.69, 9.17) is 9.72 Å². The molecule has 4 aromatic heterocycles. The summed E-state index contributed by atoms with van der Waals surface area (Å²) in [6.07, 6.45) is 7.44. The molecular formula is C33H34FN9O. The van der Waals surface area contributed by atoms with Crippen LogP contribution in [0.5, 0.6) is 5.75 Å². The summed E-state index contributed by atoms with van der Waals surface area (Å²) in [5.41, 5.74) is 6.97. The van der Waals surface area contributed by atoms with E-state index < -0.39 is 0 Å². The van der Waals surface area contributed by atoms with Crippen LogP contribution in [0.2, 0.25) is 0 Å². The first-order valence-electron chi connectivity index (χ1n) is 14.9. The van der Waals surface area contributed by atoms with Crippen molar-refractivity contribution in [3.63, 3.8) is 0 Å². The largest absolute Gasteiger partial charge is 0.489 e. The Bertz CT molecular complexity index is 1930. The molecule has 0 radical (unpaired) electrons. The number of anilines is 1. The second-order valence-corrected chi connectivity index (χ2v) is 11.4. The molecule has 6 aromatic rings. The smallest absolute Gasteiger partial charge is 0.159 e. The number of para-hydroxylation sites is 1. The highest BCUT2D eigenvalue weighted by atomic mass is 19.1. The highest BCUT2D eigenvalue weighted by molar-refractivity contribution is 5.98. The van der Waals surface area contributed by atoms with Crippen LogP contribution < -0.4 is 15.4 Å². The number of imidazole rings is 1.